The standard InChI is InChI=1S/C13H19N3O3S/c1-9(8-20-3)16(2)13(19)15-7-11-6-10(12(17)18)4-5-14-11/h4-6,9H,7-8H2,1-3H3,(H,15,19)(H,17,18). The molecule has 0 spiro atoms. The lowest BCUT2D eigenvalue weighted by Crippen LogP contribution is -2.43. The Morgan fingerprint density at radius 3 is 2.85 bits per heavy atom. The van der Waals surface area contributed by atoms with Crippen LogP contribution in [-0.2, 0) is 6.54 Å². The van der Waals surface area contributed by atoms with Gasteiger partial charge in [0.25, 0.3) is 0 Å². The van der Waals surface area contributed by atoms with E-state index in [1.165, 1.54) is 18.3 Å². The summed E-state index contributed by atoms with van der Waals surface area (Å²) in [6.45, 7) is 2.18. The number of aromatic carboxylic acids is 1. The molecular formula is C13H19N3O3S. The van der Waals surface area contributed by atoms with Crippen LogP contribution in [0.4, 0.5) is 4.79 Å². The third-order valence-electron chi connectivity index (χ3n) is 2.87. The minimum absolute atomic E-state index is 0.128. The Morgan fingerprint density at radius 1 is 1.55 bits per heavy atom. The molecule has 20 heavy (non-hydrogen) atoms. The number of amides is 2. The Kier molecular flexibility index (Phi) is 6.30. The van der Waals surface area contributed by atoms with Crippen LogP contribution in [0.25, 0.3) is 0 Å². The van der Waals surface area contributed by atoms with Crippen LogP contribution >= 0.6 is 11.8 Å². The molecule has 1 aromatic rings. The molecule has 0 aliphatic carbocycles. The first-order chi connectivity index (χ1) is 9.45. The van der Waals surface area contributed by atoms with E-state index in [0.29, 0.717) is 5.69 Å². The number of aromatic nitrogens is 1. The fraction of sp³-hybridized carbons (Fsp3) is 0.462. The Hall–Kier alpha value is -1.76. The Morgan fingerprint density at radius 2 is 2.25 bits per heavy atom. The minimum Gasteiger partial charge on any atom is -0.478 e. The predicted molar refractivity (Wildman–Crippen MR) is 79.0 cm³/mol. The van der Waals surface area contributed by atoms with Crippen LogP contribution in [0.2, 0.25) is 0 Å². The molecule has 0 fully saturated rings. The molecule has 0 aromatic carbocycles. The maximum Gasteiger partial charge on any atom is 0.335 e. The van der Waals surface area contributed by atoms with Gasteiger partial charge in [0.15, 0.2) is 0 Å². The van der Waals surface area contributed by atoms with E-state index in [1.807, 2.05) is 13.2 Å². The van der Waals surface area contributed by atoms with Gasteiger partial charge in [-0.3, -0.25) is 4.98 Å². The second-order valence-electron chi connectivity index (χ2n) is 4.41. The van der Waals surface area contributed by atoms with Crippen molar-refractivity contribution in [1.82, 2.24) is 15.2 Å². The number of thioether (sulfide) groups is 1. The van der Waals surface area contributed by atoms with Crippen LogP contribution in [0, 0.1) is 0 Å². The highest BCUT2D eigenvalue weighted by Crippen LogP contribution is 2.05. The van der Waals surface area contributed by atoms with Gasteiger partial charge in [-0.2, -0.15) is 11.8 Å². The van der Waals surface area contributed by atoms with Crippen molar-refractivity contribution < 1.29 is 14.7 Å². The molecule has 0 aliphatic heterocycles. The maximum absolute atomic E-state index is 11.9. The summed E-state index contributed by atoms with van der Waals surface area (Å²) in [5, 5.41) is 11.6. The number of rotatable bonds is 6. The lowest BCUT2D eigenvalue weighted by molar-refractivity contribution is 0.0696. The van der Waals surface area contributed by atoms with Crippen molar-refractivity contribution in [3.8, 4) is 0 Å². The summed E-state index contributed by atoms with van der Waals surface area (Å²) < 4.78 is 0. The van der Waals surface area contributed by atoms with E-state index in [-0.39, 0.29) is 24.2 Å². The number of pyridine rings is 1. The number of hydrogen-bond donors (Lipinski definition) is 2. The average molecular weight is 297 g/mol. The van der Waals surface area contributed by atoms with Gasteiger partial charge in [-0.15, -0.1) is 0 Å². The molecular weight excluding hydrogens is 278 g/mol. The summed E-state index contributed by atoms with van der Waals surface area (Å²) >= 11 is 1.68. The number of urea groups is 1. The molecule has 1 heterocycles. The molecule has 0 aliphatic rings. The summed E-state index contributed by atoms with van der Waals surface area (Å²) in [6, 6.07) is 2.80. The van der Waals surface area contributed by atoms with Crippen molar-refractivity contribution in [3.05, 3.63) is 29.6 Å². The van der Waals surface area contributed by atoms with Crippen LogP contribution in [0.15, 0.2) is 18.3 Å². The quantitative estimate of drug-likeness (QED) is 0.834. The zero-order valence-electron chi connectivity index (χ0n) is 11.8. The molecule has 7 heteroatoms. The molecule has 0 saturated heterocycles. The molecule has 1 unspecified atom stereocenters. The van der Waals surface area contributed by atoms with Gasteiger partial charge in [-0.25, -0.2) is 9.59 Å². The first-order valence-corrected chi connectivity index (χ1v) is 7.53. The van der Waals surface area contributed by atoms with E-state index in [2.05, 4.69) is 10.3 Å². The summed E-state index contributed by atoms with van der Waals surface area (Å²) in [4.78, 5) is 28.4. The number of carboxylic acid groups (broad SMARTS) is 1. The molecule has 0 bridgehead atoms. The van der Waals surface area contributed by atoms with Crippen LogP contribution in [0.1, 0.15) is 23.0 Å². The highest BCUT2D eigenvalue weighted by molar-refractivity contribution is 7.98. The molecule has 6 nitrogen and oxygen atoms in total. The van der Waals surface area contributed by atoms with Gasteiger partial charge in [0, 0.05) is 25.0 Å². The van der Waals surface area contributed by atoms with Gasteiger partial charge in [-0.05, 0) is 25.3 Å². The second kappa shape index (κ2) is 7.74. The van der Waals surface area contributed by atoms with Gasteiger partial charge >= 0.3 is 12.0 Å². The van der Waals surface area contributed by atoms with E-state index in [1.54, 1.807) is 23.7 Å². The number of carbonyl (C=O) groups excluding carboxylic acids is 1. The predicted octanol–water partition coefficient (Wildman–Crippen LogP) is 1.67. The van der Waals surface area contributed by atoms with Crippen molar-refractivity contribution >= 4 is 23.8 Å². The molecule has 2 N–H and O–H groups in total. The molecule has 110 valence electrons. The lowest BCUT2D eigenvalue weighted by atomic mass is 10.2. The zero-order valence-corrected chi connectivity index (χ0v) is 12.6. The summed E-state index contributed by atoms with van der Waals surface area (Å²) in [5.74, 6) is -0.151. The van der Waals surface area contributed by atoms with Gasteiger partial charge in [0.1, 0.15) is 0 Å². The largest absolute Gasteiger partial charge is 0.478 e. The first-order valence-electron chi connectivity index (χ1n) is 6.13. The van der Waals surface area contributed by atoms with E-state index in [4.69, 9.17) is 5.11 Å². The number of nitrogens with zero attached hydrogens (tertiary/aromatic N) is 2. The monoisotopic (exact) mass is 297 g/mol. The third kappa shape index (κ3) is 4.73. The number of carbonyl (C=O) groups is 2. The topological polar surface area (TPSA) is 82.5 Å². The maximum atomic E-state index is 11.9. The minimum atomic E-state index is -1.01. The van der Waals surface area contributed by atoms with E-state index in [0.717, 1.165) is 5.75 Å². The van der Waals surface area contributed by atoms with Crippen molar-refractivity contribution in [2.75, 3.05) is 19.1 Å². The zero-order chi connectivity index (χ0) is 15.1. The van der Waals surface area contributed by atoms with Crippen molar-refractivity contribution in [3.63, 3.8) is 0 Å². The molecule has 0 saturated carbocycles. The lowest BCUT2D eigenvalue weighted by Gasteiger charge is -2.24. The summed E-state index contributed by atoms with van der Waals surface area (Å²) in [7, 11) is 1.73. The fourth-order valence-electron chi connectivity index (χ4n) is 1.55. The smallest absolute Gasteiger partial charge is 0.335 e. The van der Waals surface area contributed by atoms with Gasteiger partial charge in [0.05, 0.1) is 17.8 Å². The Bertz CT molecular complexity index is 482. The van der Waals surface area contributed by atoms with Gasteiger partial charge < -0.3 is 15.3 Å². The Balaban J connectivity index is 2.56. The third-order valence-corrected chi connectivity index (χ3v) is 3.69. The van der Waals surface area contributed by atoms with E-state index >= 15 is 0 Å². The van der Waals surface area contributed by atoms with Crippen molar-refractivity contribution in [2.24, 2.45) is 0 Å². The number of hydrogen-bond acceptors (Lipinski definition) is 4. The summed E-state index contributed by atoms with van der Waals surface area (Å²) in [6.07, 6.45) is 3.41. The van der Waals surface area contributed by atoms with E-state index in [9.17, 15) is 9.59 Å². The normalized spacial score (nSPS) is 11.8. The highest BCUT2D eigenvalue weighted by atomic mass is 32.2. The second-order valence-corrected chi connectivity index (χ2v) is 5.33. The van der Waals surface area contributed by atoms with Gasteiger partial charge in [0.2, 0.25) is 0 Å². The van der Waals surface area contributed by atoms with Crippen molar-refractivity contribution in [2.45, 2.75) is 19.5 Å². The summed E-state index contributed by atoms with van der Waals surface area (Å²) in [5.41, 5.74) is 0.678. The van der Waals surface area contributed by atoms with Crippen LogP contribution in [0.3, 0.4) is 0 Å². The molecule has 1 rings (SSSR count). The number of carboxylic acids is 1. The van der Waals surface area contributed by atoms with Crippen LogP contribution in [-0.4, -0.2) is 52.1 Å². The van der Waals surface area contributed by atoms with Crippen LogP contribution in [0.5, 0.6) is 0 Å². The van der Waals surface area contributed by atoms with Crippen molar-refractivity contribution in [1.29, 1.82) is 0 Å². The van der Waals surface area contributed by atoms with Gasteiger partial charge in [-0.1, -0.05) is 0 Å². The average Bonchev–Trinajstić information content (AvgIpc) is 2.44. The Labute approximate surface area is 122 Å². The molecule has 1 aromatic heterocycles. The van der Waals surface area contributed by atoms with E-state index < -0.39 is 5.97 Å². The fourth-order valence-corrected chi connectivity index (χ4v) is 2.26. The molecule has 0 radical (unpaired) electrons. The SMILES string of the molecule is CSCC(C)N(C)C(=O)NCc1cc(C(=O)O)ccn1. The highest BCUT2D eigenvalue weighted by Gasteiger charge is 2.15. The molecule has 2 amide bonds. The number of nitrogens with one attached hydrogen (secondary N) is 1. The molecule has 1 atom stereocenters. The van der Waals surface area contributed by atoms with Crippen LogP contribution < -0.4 is 5.32 Å². The first kappa shape index (κ1) is 16.3.